The van der Waals surface area contributed by atoms with Crippen molar-refractivity contribution in [2.75, 3.05) is 20.5 Å². The first-order chi connectivity index (χ1) is 15.8. The molecular weight excluding hydrogens is 438 g/mol. The number of nitrogens with zero attached hydrogens (tertiary/aromatic N) is 1. The molecule has 1 unspecified atom stereocenters. The standard InChI is InChI=1S/C25H25N3O4S/c1-31-18-11-14-21(32-2)20(15-18)24-22(16-7-5-4-6-8-16)23(27-25(26)28-24)17-9-12-19(13-10-17)33(3,29)30/h4-15,24H,1-3H3,(H3,26,27,28). The lowest BCUT2D eigenvalue weighted by Crippen LogP contribution is -2.35. The molecule has 0 saturated heterocycles. The fraction of sp³-hybridized carbons (Fsp3) is 0.160. The Morgan fingerprint density at radius 3 is 2.21 bits per heavy atom. The number of ether oxygens (including phenoxy) is 2. The Kier molecular flexibility index (Phi) is 6.11. The van der Waals surface area contributed by atoms with Gasteiger partial charge in [-0.1, -0.05) is 42.5 Å². The molecule has 8 heteroatoms. The molecule has 1 aliphatic rings. The lowest BCUT2D eigenvalue weighted by Gasteiger charge is -2.29. The zero-order chi connectivity index (χ0) is 23.6. The molecule has 0 saturated carbocycles. The summed E-state index contributed by atoms with van der Waals surface area (Å²) < 4.78 is 34.9. The van der Waals surface area contributed by atoms with Crippen LogP contribution in [0.15, 0.2) is 82.7 Å². The number of rotatable bonds is 6. The highest BCUT2D eigenvalue weighted by atomic mass is 32.2. The molecular formula is C25H25N3O4S. The van der Waals surface area contributed by atoms with E-state index >= 15 is 0 Å². The summed E-state index contributed by atoms with van der Waals surface area (Å²) >= 11 is 0. The normalized spacial score (nSPS) is 16.1. The van der Waals surface area contributed by atoms with E-state index in [4.69, 9.17) is 20.2 Å². The maximum absolute atomic E-state index is 11.9. The van der Waals surface area contributed by atoms with E-state index < -0.39 is 15.9 Å². The number of sulfone groups is 1. The quantitative estimate of drug-likeness (QED) is 0.579. The van der Waals surface area contributed by atoms with E-state index in [0.29, 0.717) is 11.5 Å². The molecule has 3 aromatic carbocycles. The molecule has 1 aliphatic heterocycles. The number of nitrogens with two attached hydrogens (primary N) is 1. The van der Waals surface area contributed by atoms with Gasteiger partial charge in [0, 0.05) is 17.4 Å². The summed E-state index contributed by atoms with van der Waals surface area (Å²) in [5.41, 5.74) is 10.4. The number of nitrogens with one attached hydrogen (secondary N) is 1. The summed E-state index contributed by atoms with van der Waals surface area (Å²) in [6.07, 6.45) is 1.19. The Bertz CT molecular complexity index is 1330. The predicted molar refractivity (Wildman–Crippen MR) is 130 cm³/mol. The second-order valence-corrected chi connectivity index (χ2v) is 9.62. The highest BCUT2D eigenvalue weighted by molar-refractivity contribution is 7.90. The van der Waals surface area contributed by atoms with Crippen molar-refractivity contribution in [2.24, 2.45) is 10.7 Å². The summed E-state index contributed by atoms with van der Waals surface area (Å²) in [5, 5.41) is 3.19. The Hall–Kier alpha value is -3.78. The number of guanidine groups is 1. The van der Waals surface area contributed by atoms with E-state index in [1.807, 2.05) is 48.5 Å². The zero-order valence-electron chi connectivity index (χ0n) is 18.6. The molecule has 170 valence electrons. The van der Waals surface area contributed by atoms with Gasteiger partial charge in [-0.2, -0.15) is 0 Å². The maximum atomic E-state index is 11.9. The Labute approximate surface area is 193 Å². The minimum atomic E-state index is -3.31. The number of aliphatic imine (C=N–C) groups is 1. The largest absolute Gasteiger partial charge is 0.497 e. The molecule has 0 aliphatic carbocycles. The van der Waals surface area contributed by atoms with Crippen LogP contribution in [0.25, 0.3) is 11.3 Å². The third-order valence-electron chi connectivity index (χ3n) is 5.45. The van der Waals surface area contributed by atoms with Gasteiger partial charge in [0.1, 0.15) is 17.5 Å². The smallest absolute Gasteiger partial charge is 0.194 e. The summed E-state index contributed by atoms with van der Waals surface area (Å²) in [4.78, 5) is 4.97. The zero-order valence-corrected chi connectivity index (χ0v) is 19.4. The topological polar surface area (TPSA) is 103 Å². The average molecular weight is 464 g/mol. The van der Waals surface area contributed by atoms with Crippen molar-refractivity contribution in [3.63, 3.8) is 0 Å². The molecule has 33 heavy (non-hydrogen) atoms. The first-order valence-electron chi connectivity index (χ1n) is 10.2. The van der Waals surface area contributed by atoms with Crippen molar-refractivity contribution in [2.45, 2.75) is 10.9 Å². The summed E-state index contributed by atoms with van der Waals surface area (Å²) in [6.45, 7) is 0. The lowest BCUT2D eigenvalue weighted by molar-refractivity contribution is 0.397. The molecule has 0 radical (unpaired) electrons. The van der Waals surface area contributed by atoms with Crippen LogP contribution in [0.5, 0.6) is 11.5 Å². The van der Waals surface area contributed by atoms with Gasteiger partial charge in [0.2, 0.25) is 0 Å². The molecule has 0 aromatic heterocycles. The van der Waals surface area contributed by atoms with Crippen molar-refractivity contribution in [3.05, 3.63) is 89.5 Å². The molecule has 3 N–H and O–H groups in total. The van der Waals surface area contributed by atoms with Crippen molar-refractivity contribution in [1.82, 2.24) is 5.32 Å². The summed E-state index contributed by atoms with van der Waals surface area (Å²) in [6, 6.07) is 21.6. The van der Waals surface area contributed by atoms with E-state index in [1.165, 1.54) is 6.26 Å². The van der Waals surface area contributed by atoms with Crippen LogP contribution in [0.1, 0.15) is 22.7 Å². The minimum Gasteiger partial charge on any atom is -0.497 e. The fourth-order valence-electron chi connectivity index (χ4n) is 3.86. The van der Waals surface area contributed by atoms with E-state index in [2.05, 4.69) is 5.32 Å². The third-order valence-corrected chi connectivity index (χ3v) is 6.58. The van der Waals surface area contributed by atoms with Gasteiger partial charge in [0.15, 0.2) is 15.8 Å². The van der Waals surface area contributed by atoms with Crippen LogP contribution < -0.4 is 20.5 Å². The number of benzene rings is 3. The van der Waals surface area contributed by atoms with Crippen molar-refractivity contribution < 1.29 is 17.9 Å². The molecule has 0 fully saturated rings. The number of hydrogen-bond acceptors (Lipinski definition) is 7. The van der Waals surface area contributed by atoms with Gasteiger partial charge < -0.3 is 20.5 Å². The van der Waals surface area contributed by atoms with E-state index in [9.17, 15) is 8.42 Å². The SMILES string of the molecule is COc1ccc(OC)c(C2N=C(N)NC(c3ccc(S(C)(=O)=O)cc3)=C2c2ccccc2)c1. The molecule has 7 nitrogen and oxygen atoms in total. The minimum absolute atomic E-state index is 0.242. The monoisotopic (exact) mass is 463 g/mol. The average Bonchev–Trinajstić information content (AvgIpc) is 2.83. The number of methoxy groups -OCH3 is 2. The molecule has 3 aromatic rings. The van der Waals surface area contributed by atoms with Gasteiger partial charge in [0.25, 0.3) is 0 Å². The Morgan fingerprint density at radius 1 is 0.909 bits per heavy atom. The second-order valence-electron chi connectivity index (χ2n) is 7.60. The van der Waals surface area contributed by atoms with Crippen LogP contribution in [0.4, 0.5) is 0 Å². The van der Waals surface area contributed by atoms with Gasteiger partial charge >= 0.3 is 0 Å². The van der Waals surface area contributed by atoms with E-state index in [0.717, 1.165) is 28.0 Å². The molecule has 0 amide bonds. The third kappa shape index (κ3) is 4.56. The highest BCUT2D eigenvalue weighted by Crippen LogP contribution is 2.44. The highest BCUT2D eigenvalue weighted by Gasteiger charge is 2.29. The molecule has 0 spiro atoms. The van der Waals surface area contributed by atoms with Gasteiger partial charge in [-0.3, -0.25) is 0 Å². The molecule has 0 bridgehead atoms. The number of hydrogen-bond donors (Lipinski definition) is 2. The van der Waals surface area contributed by atoms with Crippen LogP contribution in [-0.4, -0.2) is 34.9 Å². The van der Waals surface area contributed by atoms with Gasteiger partial charge in [-0.15, -0.1) is 0 Å². The van der Waals surface area contributed by atoms with Crippen molar-refractivity contribution in [1.29, 1.82) is 0 Å². The van der Waals surface area contributed by atoms with Crippen molar-refractivity contribution in [3.8, 4) is 11.5 Å². The van der Waals surface area contributed by atoms with Gasteiger partial charge in [-0.05, 0) is 41.5 Å². The second kappa shape index (κ2) is 8.99. The van der Waals surface area contributed by atoms with Crippen LogP contribution in [0.3, 0.4) is 0 Å². The van der Waals surface area contributed by atoms with Crippen LogP contribution >= 0.6 is 0 Å². The van der Waals surface area contributed by atoms with Crippen LogP contribution in [0, 0.1) is 0 Å². The summed E-state index contributed by atoms with van der Waals surface area (Å²) in [7, 11) is -0.0997. The van der Waals surface area contributed by atoms with Crippen LogP contribution in [0.2, 0.25) is 0 Å². The first kappa shape index (κ1) is 22.4. The lowest BCUT2D eigenvalue weighted by atomic mass is 9.88. The van der Waals surface area contributed by atoms with E-state index in [-0.39, 0.29) is 10.9 Å². The van der Waals surface area contributed by atoms with Gasteiger partial charge in [-0.25, -0.2) is 13.4 Å². The Balaban J connectivity index is 1.97. The first-order valence-corrected chi connectivity index (χ1v) is 12.1. The predicted octanol–water partition coefficient (Wildman–Crippen LogP) is 3.63. The fourth-order valence-corrected chi connectivity index (χ4v) is 4.49. The van der Waals surface area contributed by atoms with Crippen LogP contribution in [-0.2, 0) is 9.84 Å². The van der Waals surface area contributed by atoms with Gasteiger partial charge in [0.05, 0.1) is 24.8 Å². The molecule has 1 heterocycles. The maximum Gasteiger partial charge on any atom is 0.194 e. The van der Waals surface area contributed by atoms with Crippen molar-refractivity contribution >= 4 is 27.1 Å². The molecule has 1 atom stereocenters. The summed E-state index contributed by atoms with van der Waals surface area (Å²) in [5.74, 6) is 1.57. The Morgan fingerprint density at radius 2 is 1.61 bits per heavy atom. The molecule has 4 rings (SSSR count). The van der Waals surface area contributed by atoms with E-state index in [1.54, 1.807) is 38.5 Å².